The van der Waals surface area contributed by atoms with Crippen LogP contribution in [0.4, 0.5) is 5.13 Å². The lowest BCUT2D eigenvalue weighted by Gasteiger charge is -2.26. The lowest BCUT2D eigenvalue weighted by molar-refractivity contribution is -0.136. The maximum absolute atomic E-state index is 12.8. The van der Waals surface area contributed by atoms with E-state index in [0.717, 1.165) is 21.5 Å². The molecule has 6 heteroatoms. The predicted octanol–water partition coefficient (Wildman–Crippen LogP) is 4.20. The summed E-state index contributed by atoms with van der Waals surface area (Å²) in [5.74, 6) is 0.535. The summed E-state index contributed by atoms with van der Waals surface area (Å²) in [4.78, 5) is 17.3. The van der Waals surface area contributed by atoms with Crippen molar-refractivity contribution in [2.45, 2.75) is 19.4 Å². The highest BCUT2D eigenvalue weighted by molar-refractivity contribution is 7.22. The van der Waals surface area contributed by atoms with E-state index in [9.17, 15) is 4.79 Å². The SMILES string of the molecule is CCOc1ccc2nc(NC(=O)C(C)(OC)c3ccccc3)sc2c1. The number of thiazole rings is 1. The molecule has 1 unspecified atom stereocenters. The van der Waals surface area contributed by atoms with Crippen molar-refractivity contribution < 1.29 is 14.3 Å². The molecule has 3 aromatic rings. The molecule has 0 saturated carbocycles. The van der Waals surface area contributed by atoms with E-state index in [4.69, 9.17) is 9.47 Å². The highest BCUT2D eigenvalue weighted by atomic mass is 32.1. The molecule has 1 aromatic heterocycles. The number of amides is 1. The van der Waals surface area contributed by atoms with Crippen LogP contribution in [-0.4, -0.2) is 24.6 Å². The van der Waals surface area contributed by atoms with Crippen LogP contribution in [-0.2, 0) is 15.1 Å². The molecule has 1 atom stereocenters. The number of hydrogen-bond acceptors (Lipinski definition) is 5. The Morgan fingerprint density at radius 1 is 1.24 bits per heavy atom. The van der Waals surface area contributed by atoms with Crippen molar-refractivity contribution in [2.24, 2.45) is 0 Å². The van der Waals surface area contributed by atoms with Gasteiger partial charge in [-0.05, 0) is 37.6 Å². The van der Waals surface area contributed by atoms with Gasteiger partial charge in [0.25, 0.3) is 5.91 Å². The second kappa shape index (κ2) is 7.21. The number of nitrogens with one attached hydrogen (secondary N) is 1. The van der Waals surface area contributed by atoms with Crippen molar-refractivity contribution in [1.29, 1.82) is 0 Å². The molecule has 2 aromatic carbocycles. The standard InChI is InChI=1S/C19H20N2O3S/c1-4-24-14-10-11-15-16(12-14)25-18(20-15)21-17(22)19(2,23-3)13-8-6-5-7-9-13/h5-12H,4H2,1-3H3,(H,20,21,22). The summed E-state index contributed by atoms with van der Waals surface area (Å²) in [5.41, 5.74) is 0.521. The molecule has 0 fully saturated rings. The number of benzene rings is 2. The highest BCUT2D eigenvalue weighted by Crippen LogP contribution is 2.31. The minimum absolute atomic E-state index is 0.259. The number of anilines is 1. The van der Waals surface area contributed by atoms with Crippen LogP contribution in [0.3, 0.4) is 0 Å². The summed E-state index contributed by atoms with van der Waals surface area (Å²) in [6.07, 6.45) is 0. The van der Waals surface area contributed by atoms with E-state index in [1.165, 1.54) is 18.4 Å². The van der Waals surface area contributed by atoms with Gasteiger partial charge in [0.2, 0.25) is 0 Å². The average Bonchev–Trinajstić information content (AvgIpc) is 3.03. The van der Waals surface area contributed by atoms with Gasteiger partial charge in [0.15, 0.2) is 10.7 Å². The Balaban J connectivity index is 1.85. The first-order chi connectivity index (χ1) is 12.1. The van der Waals surface area contributed by atoms with E-state index in [1.54, 1.807) is 6.92 Å². The first-order valence-corrected chi connectivity index (χ1v) is 8.84. The zero-order chi connectivity index (χ0) is 17.9. The van der Waals surface area contributed by atoms with Crippen LogP contribution < -0.4 is 10.1 Å². The summed E-state index contributed by atoms with van der Waals surface area (Å²) in [7, 11) is 1.53. The Hall–Kier alpha value is -2.44. The van der Waals surface area contributed by atoms with Crippen LogP contribution in [0, 0.1) is 0 Å². The third-order valence-corrected chi connectivity index (χ3v) is 4.99. The van der Waals surface area contributed by atoms with Gasteiger partial charge in [-0.2, -0.15) is 0 Å². The molecule has 1 amide bonds. The normalized spacial score (nSPS) is 13.4. The minimum Gasteiger partial charge on any atom is -0.494 e. The number of ether oxygens (including phenoxy) is 2. The number of carbonyl (C=O) groups excluding carboxylic acids is 1. The predicted molar refractivity (Wildman–Crippen MR) is 100 cm³/mol. The Labute approximate surface area is 150 Å². The fraction of sp³-hybridized carbons (Fsp3) is 0.263. The number of methoxy groups -OCH3 is 1. The number of fused-ring (bicyclic) bond motifs is 1. The topological polar surface area (TPSA) is 60.5 Å². The van der Waals surface area contributed by atoms with Gasteiger partial charge >= 0.3 is 0 Å². The van der Waals surface area contributed by atoms with Gasteiger partial charge in [0.05, 0.1) is 16.8 Å². The maximum Gasteiger partial charge on any atom is 0.262 e. The van der Waals surface area contributed by atoms with Gasteiger partial charge in [-0.1, -0.05) is 41.7 Å². The Bertz CT molecular complexity index is 879. The molecule has 0 bridgehead atoms. The van der Waals surface area contributed by atoms with Crippen LogP contribution >= 0.6 is 11.3 Å². The summed E-state index contributed by atoms with van der Waals surface area (Å²) in [5, 5.41) is 3.41. The van der Waals surface area contributed by atoms with Crippen molar-refractivity contribution >= 4 is 32.6 Å². The molecular formula is C19H20N2O3S. The molecule has 0 aliphatic heterocycles. The van der Waals surface area contributed by atoms with Crippen LogP contribution in [0.2, 0.25) is 0 Å². The fourth-order valence-corrected chi connectivity index (χ4v) is 3.42. The van der Waals surface area contributed by atoms with E-state index >= 15 is 0 Å². The maximum atomic E-state index is 12.8. The van der Waals surface area contributed by atoms with Gasteiger partial charge in [-0.3, -0.25) is 10.1 Å². The van der Waals surface area contributed by atoms with Crippen molar-refractivity contribution in [1.82, 2.24) is 4.98 Å². The number of aromatic nitrogens is 1. The quantitative estimate of drug-likeness (QED) is 0.719. The smallest absolute Gasteiger partial charge is 0.262 e. The van der Waals surface area contributed by atoms with Crippen molar-refractivity contribution in [3.8, 4) is 5.75 Å². The van der Waals surface area contributed by atoms with E-state index < -0.39 is 5.60 Å². The second-order valence-electron chi connectivity index (χ2n) is 5.64. The van der Waals surface area contributed by atoms with E-state index in [2.05, 4.69) is 10.3 Å². The molecule has 0 saturated heterocycles. The molecule has 1 N–H and O–H groups in total. The molecule has 0 radical (unpaired) electrons. The Morgan fingerprint density at radius 2 is 2.00 bits per heavy atom. The van der Waals surface area contributed by atoms with Gasteiger partial charge in [-0.15, -0.1) is 0 Å². The molecule has 5 nitrogen and oxygen atoms in total. The number of rotatable bonds is 6. The van der Waals surface area contributed by atoms with Gasteiger partial charge in [-0.25, -0.2) is 4.98 Å². The minimum atomic E-state index is -1.09. The molecule has 130 valence electrons. The Morgan fingerprint density at radius 3 is 2.68 bits per heavy atom. The summed E-state index contributed by atoms with van der Waals surface area (Å²) in [6.45, 7) is 4.30. The summed E-state index contributed by atoms with van der Waals surface area (Å²) in [6, 6.07) is 15.1. The van der Waals surface area contributed by atoms with Crippen LogP contribution in [0.5, 0.6) is 5.75 Å². The van der Waals surface area contributed by atoms with Gasteiger partial charge in [0.1, 0.15) is 5.75 Å². The first kappa shape index (κ1) is 17.4. The van der Waals surface area contributed by atoms with Crippen molar-refractivity contribution in [2.75, 3.05) is 19.0 Å². The third kappa shape index (κ3) is 3.50. The largest absolute Gasteiger partial charge is 0.494 e. The third-order valence-electron chi connectivity index (χ3n) is 4.06. The molecule has 0 aliphatic rings. The van der Waals surface area contributed by atoms with Gasteiger partial charge < -0.3 is 9.47 Å². The van der Waals surface area contributed by atoms with E-state index in [1.807, 2.05) is 55.5 Å². The molecule has 0 spiro atoms. The average molecular weight is 356 g/mol. The fourth-order valence-electron chi connectivity index (χ4n) is 2.53. The van der Waals surface area contributed by atoms with Crippen LogP contribution in [0.15, 0.2) is 48.5 Å². The summed E-state index contributed by atoms with van der Waals surface area (Å²) >= 11 is 1.41. The Kier molecular flexibility index (Phi) is 5.01. The number of carbonyl (C=O) groups is 1. The molecular weight excluding hydrogens is 336 g/mol. The summed E-state index contributed by atoms with van der Waals surface area (Å²) < 4.78 is 12.0. The van der Waals surface area contributed by atoms with Gasteiger partial charge in [0, 0.05) is 7.11 Å². The zero-order valence-electron chi connectivity index (χ0n) is 14.4. The lowest BCUT2D eigenvalue weighted by atomic mass is 9.95. The monoisotopic (exact) mass is 356 g/mol. The van der Waals surface area contributed by atoms with E-state index in [0.29, 0.717) is 11.7 Å². The molecule has 25 heavy (non-hydrogen) atoms. The molecule has 1 heterocycles. The van der Waals surface area contributed by atoms with E-state index in [-0.39, 0.29) is 5.91 Å². The van der Waals surface area contributed by atoms with Crippen molar-refractivity contribution in [3.05, 3.63) is 54.1 Å². The molecule has 3 rings (SSSR count). The molecule has 0 aliphatic carbocycles. The number of nitrogens with zero attached hydrogens (tertiary/aromatic N) is 1. The number of hydrogen-bond donors (Lipinski definition) is 1. The lowest BCUT2D eigenvalue weighted by Crippen LogP contribution is -2.39. The zero-order valence-corrected chi connectivity index (χ0v) is 15.2. The van der Waals surface area contributed by atoms with Crippen molar-refractivity contribution in [3.63, 3.8) is 0 Å². The van der Waals surface area contributed by atoms with Crippen LogP contribution in [0.1, 0.15) is 19.4 Å². The first-order valence-electron chi connectivity index (χ1n) is 8.02. The highest BCUT2D eigenvalue weighted by Gasteiger charge is 2.35. The van der Waals surface area contributed by atoms with Crippen LogP contribution in [0.25, 0.3) is 10.2 Å². The second-order valence-corrected chi connectivity index (χ2v) is 6.67.